The average molecular weight is 339 g/mol. The lowest BCUT2D eigenvalue weighted by Gasteiger charge is -2.24. The monoisotopic (exact) mass is 339 g/mol. The van der Waals surface area contributed by atoms with E-state index < -0.39 is 5.92 Å². The highest BCUT2D eigenvalue weighted by Crippen LogP contribution is 2.37. The molecule has 1 fully saturated rings. The summed E-state index contributed by atoms with van der Waals surface area (Å²) in [6.07, 6.45) is 3.57. The molecule has 1 N–H and O–H groups in total. The summed E-state index contributed by atoms with van der Waals surface area (Å²) >= 11 is 0. The summed E-state index contributed by atoms with van der Waals surface area (Å²) in [5.41, 5.74) is 1.52. The van der Waals surface area contributed by atoms with Gasteiger partial charge in [0.05, 0.1) is 18.6 Å². The van der Waals surface area contributed by atoms with Crippen LogP contribution in [0.4, 0.5) is 5.69 Å². The highest BCUT2D eigenvalue weighted by molar-refractivity contribution is 5.98. The smallest absolute Gasteiger partial charge is 0.230 e. The lowest BCUT2D eigenvalue weighted by Crippen LogP contribution is -2.30. The van der Waals surface area contributed by atoms with Crippen LogP contribution in [-0.4, -0.2) is 35.4 Å². The van der Waals surface area contributed by atoms with E-state index in [9.17, 15) is 9.59 Å². The van der Waals surface area contributed by atoms with Crippen LogP contribution in [0.2, 0.25) is 0 Å². The van der Waals surface area contributed by atoms with Gasteiger partial charge in [0.25, 0.3) is 0 Å². The molecular formula is C19H21N3O3. The molecule has 2 aromatic rings. The second-order valence-corrected chi connectivity index (χ2v) is 6.00. The zero-order valence-electron chi connectivity index (χ0n) is 14.3. The Morgan fingerprint density at radius 1 is 1.36 bits per heavy atom. The van der Waals surface area contributed by atoms with E-state index >= 15 is 0 Å². The number of likely N-dealkylation sites (tertiary alicyclic amines) is 1. The number of anilines is 1. The molecule has 6 heteroatoms. The molecule has 1 aliphatic heterocycles. The second kappa shape index (κ2) is 7.34. The molecule has 2 heterocycles. The maximum absolute atomic E-state index is 12.8. The van der Waals surface area contributed by atoms with E-state index in [1.165, 1.54) is 0 Å². The third kappa shape index (κ3) is 3.63. The normalized spacial score (nSPS) is 19.8. The summed E-state index contributed by atoms with van der Waals surface area (Å²) in [6, 6.07) is 10.6. The molecule has 0 spiro atoms. The fraction of sp³-hybridized carbons (Fsp3) is 0.316. The van der Waals surface area contributed by atoms with Crippen LogP contribution in [-0.2, 0) is 9.59 Å². The van der Waals surface area contributed by atoms with Gasteiger partial charge in [-0.3, -0.25) is 14.6 Å². The van der Waals surface area contributed by atoms with Gasteiger partial charge in [0.1, 0.15) is 5.75 Å². The minimum Gasteiger partial charge on any atom is -0.494 e. The van der Waals surface area contributed by atoms with Crippen molar-refractivity contribution in [2.24, 2.45) is 5.92 Å². The van der Waals surface area contributed by atoms with Crippen molar-refractivity contribution in [1.29, 1.82) is 0 Å². The van der Waals surface area contributed by atoms with Crippen LogP contribution in [0.25, 0.3) is 0 Å². The third-order valence-electron chi connectivity index (χ3n) is 4.36. The standard InChI is InChI=1S/C19H21N3O3/c1-3-25-15-8-4-7-14(10-15)21-19(24)16-11-17(23)22(2)18(16)13-6-5-9-20-12-13/h4-10,12,16,18H,3,11H2,1-2H3,(H,21,24). The third-order valence-corrected chi connectivity index (χ3v) is 4.36. The van der Waals surface area contributed by atoms with Crippen molar-refractivity contribution >= 4 is 17.5 Å². The van der Waals surface area contributed by atoms with Crippen LogP contribution >= 0.6 is 0 Å². The topological polar surface area (TPSA) is 71.5 Å². The summed E-state index contributed by atoms with van der Waals surface area (Å²) in [5, 5.41) is 2.91. The van der Waals surface area contributed by atoms with Gasteiger partial charge in [0.15, 0.2) is 0 Å². The van der Waals surface area contributed by atoms with E-state index in [1.54, 1.807) is 36.5 Å². The number of aromatic nitrogens is 1. The predicted octanol–water partition coefficient (Wildman–Crippen LogP) is 2.64. The Morgan fingerprint density at radius 3 is 2.92 bits per heavy atom. The maximum Gasteiger partial charge on any atom is 0.230 e. The Balaban J connectivity index is 1.80. The number of benzene rings is 1. The fourth-order valence-electron chi connectivity index (χ4n) is 3.18. The summed E-state index contributed by atoms with van der Waals surface area (Å²) in [7, 11) is 1.73. The molecule has 1 saturated heterocycles. The number of carbonyl (C=O) groups excluding carboxylic acids is 2. The van der Waals surface area contributed by atoms with Crippen LogP contribution < -0.4 is 10.1 Å². The van der Waals surface area contributed by atoms with Crippen LogP contribution in [0.5, 0.6) is 5.75 Å². The van der Waals surface area contributed by atoms with Crippen molar-refractivity contribution in [2.45, 2.75) is 19.4 Å². The van der Waals surface area contributed by atoms with Crippen LogP contribution in [0.3, 0.4) is 0 Å². The molecule has 1 aliphatic rings. The number of nitrogens with zero attached hydrogens (tertiary/aromatic N) is 2. The van der Waals surface area contributed by atoms with Gasteiger partial charge in [-0.1, -0.05) is 12.1 Å². The number of rotatable bonds is 5. The molecule has 1 aromatic carbocycles. The SMILES string of the molecule is CCOc1cccc(NC(=O)C2CC(=O)N(C)C2c2cccnc2)c1. The Bertz CT molecular complexity index is 764. The Kier molecular flexibility index (Phi) is 4.97. The molecule has 0 bridgehead atoms. The van der Waals surface area contributed by atoms with Crippen molar-refractivity contribution in [3.8, 4) is 5.75 Å². The molecule has 0 radical (unpaired) electrons. The van der Waals surface area contributed by atoms with Gasteiger partial charge in [0, 0.05) is 37.6 Å². The van der Waals surface area contributed by atoms with Crippen molar-refractivity contribution < 1.29 is 14.3 Å². The molecule has 6 nitrogen and oxygen atoms in total. The molecule has 25 heavy (non-hydrogen) atoms. The number of amides is 2. The molecule has 130 valence electrons. The average Bonchev–Trinajstić information content (AvgIpc) is 2.92. The summed E-state index contributed by atoms with van der Waals surface area (Å²) in [5.74, 6) is 0.0125. The van der Waals surface area contributed by atoms with E-state index in [4.69, 9.17) is 4.74 Å². The van der Waals surface area contributed by atoms with Crippen molar-refractivity contribution in [3.63, 3.8) is 0 Å². The zero-order valence-corrected chi connectivity index (χ0v) is 14.3. The van der Waals surface area contributed by atoms with Gasteiger partial charge in [0.2, 0.25) is 11.8 Å². The number of carbonyl (C=O) groups is 2. The molecule has 2 unspecified atom stereocenters. The van der Waals surface area contributed by atoms with Gasteiger partial charge in [-0.2, -0.15) is 0 Å². The number of hydrogen-bond acceptors (Lipinski definition) is 4. The minimum absolute atomic E-state index is 0.0444. The molecule has 3 rings (SSSR count). The van der Waals surface area contributed by atoms with Gasteiger partial charge in [-0.05, 0) is 30.7 Å². The zero-order chi connectivity index (χ0) is 17.8. The summed E-state index contributed by atoms with van der Waals surface area (Å²) in [4.78, 5) is 30.7. The number of nitrogens with one attached hydrogen (secondary N) is 1. The van der Waals surface area contributed by atoms with E-state index in [0.29, 0.717) is 18.0 Å². The first-order chi connectivity index (χ1) is 12.1. The van der Waals surface area contributed by atoms with E-state index in [0.717, 1.165) is 5.56 Å². The number of pyridine rings is 1. The van der Waals surface area contributed by atoms with E-state index in [-0.39, 0.29) is 24.3 Å². The van der Waals surface area contributed by atoms with Crippen molar-refractivity contribution in [3.05, 3.63) is 54.4 Å². The fourth-order valence-corrected chi connectivity index (χ4v) is 3.18. The first kappa shape index (κ1) is 17.0. The maximum atomic E-state index is 12.8. The van der Waals surface area contributed by atoms with Crippen LogP contribution in [0.15, 0.2) is 48.8 Å². The van der Waals surface area contributed by atoms with Crippen LogP contribution in [0, 0.1) is 5.92 Å². The lowest BCUT2D eigenvalue weighted by atomic mass is 9.94. The first-order valence-electron chi connectivity index (χ1n) is 8.29. The van der Waals surface area contributed by atoms with Crippen molar-refractivity contribution in [2.75, 3.05) is 19.0 Å². The molecule has 1 aromatic heterocycles. The minimum atomic E-state index is -0.461. The van der Waals surface area contributed by atoms with E-state index in [1.807, 2.05) is 31.2 Å². The predicted molar refractivity (Wildman–Crippen MR) is 94.1 cm³/mol. The summed E-state index contributed by atoms with van der Waals surface area (Å²) in [6.45, 7) is 2.46. The van der Waals surface area contributed by atoms with E-state index in [2.05, 4.69) is 10.3 Å². The van der Waals surface area contributed by atoms with Crippen LogP contribution in [0.1, 0.15) is 24.9 Å². The van der Waals surface area contributed by atoms with Gasteiger partial charge < -0.3 is 15.0 Å². The first-order valence-corrected chi connectivity index (χ1v) is 8.29. The van der Waals surface area contributed by atoms with Gasteiger partial charge in [-0.25, -0.2) is 0 Å². The van der Waals surface area contributed by atoms with Gasteiger partial charge >= 0.3 is 0 Å². The Labute approximate surface area is 146 Å². The highest BCUT2D eigenvalue weighted by atomic mass is 16.5. The Hall–Kier alpha value is -2.89. The second-order valence-electron chi connectivity index (χ2n) is 6.00. The Morgan fingerprint density at radius 2 is 2.20 bits per heavy atom. The molecule has 2 atom stereocenters. The van der Waals surface area contributed by atoms with Gasteiger partial charge in [-0.15, -0.1) is 0 Å². The highest BCUT2D eigenvalue weighted by Gasteiger charge is 2.42. The quantitative estimate of drug-likeness (QED) is 0.909. The van der Waals surface area contributed by atoms with Crippen molar-refractivity contribution in [1.82, 2.24) is 9.88 Å². The number of hydrogen-bond donors (Lipinski definition) is 1. The molecule has 0 saturated carbocycles. The largest absolute Gasteiger partial charge is 0.494 e. The molecular weight excluding hydrogens is 318 g/mol. The summed E-state index contributed by atoms with van der Waals surface area (Å²) < 4.78 is 5.46. The number of ether oxygens (including phenoxy) is 1. The molecule has 0 aliphatic carbocycles. The lowest BCUT2D eigenvalue weighted by molar-refractivity contribution is -0.127. The molecule has 2 amide bonds.